The Kier molecular flexibility index (Phi) is 4.44. The van der Waals surface area contributed by atoms with Gasteiger partial charge >= 0.3 is 6.18 Å². The summed E-state index contributed by atoms with van der Waals surface area (Å²) in [6.45, 7) is 0.868. The van der Waals surface area contributed by atoms with Gasteiger partial charge < -0.3 is 10.2 Å². The Bertz CT molecular complexity index is 739. The molecule has 3 heterocycles. The predicted octanol–water partition coefficient (Wildman–Crippen LogP) is 3.37. The number of hydrogen-bond acceptors (Lipinski definition) is 5. The third kappa shape index (κ3) is 3.66. The van der Waals surface area contributed by atoms with E-state index in [2.05, 4.69) is 20.3 Å². The maximum Gasteiger partial charge on any atom is 0.433 e. The zero-order chi connectivity index (χ0) is 17.3. The average Bonchev–Trinajstić information content (AvgIpc) is 2.95. The molecular weight excluding hydrogens is 350 g/mol. The van der Waals surface area contributed by atoms with Crippen molar-refractivity contribution >= 4 is 23.4 Å². The highest BCUT2D eigenvalue weighted by Gasteiger charge is 2.33. The van der Waals surface area contributed by atoms with Crippen molar-refractivity contribution in [2.75, 3.05) is 23.3 Å². The number of alkyl halides is 3. The van der Waals surface area contributed by atoms with Crippen molar-refractivity contribution < 1.29 is 17.6 Å². The molecule has 1 aliphatic heterocycles. The summed E-state index contributed by atoms with van der Waals surface area (Å²) < 4.78 is 51.8. The molecule has 2 aromatic rings. The molecule has 1 N–H and O–H groups in total. The van der Waals surface area contributed by atoms with Crippen molar-refractivity contribution in [1.82, 2.24) is 15.0 Å². The largest absolute Gasteiger partial charge is 0.433 e. The number of anilines is 2. The first-order valence-corrected chi connectivity index (χ1v) is 7.43. The molecule has 5 nitrogen and oxygen atoms in total. The lowest BCUT2D eigenvalue weighted by atomic mass is 10.3. The molecule has 1 unspecified atom stereocenters. The fourth-order valence-corrected chi connectivity index (χ4v) is 2.62. The number of hydrogen-bond donors (Lipinski definition) is 1. The van der Waals surface area contributed by atoms with Crippen LogP contribution in [0.4, 0.5) is 29.3 Å². The topological polar surface area (TPSA) is 53.9 Å². The van der Waals surface area contributed by atoms with E-state index in [9.17, 15) is 17.6 Å². The minimum atomic E-state index is -4.53. The minimum Gasteiger partial charge on any atom is -0.352 e. The van der Waals surface area contributed by atoms with Gasteiger partial charge in [-0.1, -0.05) is 11.6 Å². The van der Waals surface area contributed by atoms with E-state index in [0.29, 0.717) is 19.5 Å². The number of rotatable bonds is 3. The van der Waals surface area contributed by atoms with Crippen molar-refractivity contribution in [1.29, 1.82) is 0 Å². The average molecular weight is 362 g/mol. The molecule has 0 radical (unpaired) electrons. The lowest BCUT2D eigenvalue weighted by Crippen LogP contribution is -2.28. The summed E-state index contributed by atoms with van der Waals surface area (Å²) in [6, 6.07) is 1.75. The first kappa shape index (κ1) is 16.7. The number of aromatic nitrogens is 3. The zero-order valence-corrected chi connectivity index (χ0v) is 12.9. The van der Waals surface area contributed by atoms with E-state index in [4.69, 9.17) is 11.6 Å². The van der Waals surface area contributed by atoms with Crippen LogP contribution in [0.3, 0.4) is 0 Å². The van der Waals surface area contributed by atoms with Crippen LogP contribution in [0.15, 0.2) is 24.5 Å². The SMILES string of the molecule is Fc1cc(Cl)cnc1N1CCC(Nc2nccc(C(F)(F)F)n2)C1. The van der Waals surface area contributed by atoms with Gasteiger partial charge in [-0.2, -0.15) is 13.2 Å². The van der Waals surface area contributed by atoms with Crippen LogP contribution >= 0.6 is 11.6 Å². The third-order valence-electron chi connectivity index (χ3n) is 3.56. The van der Waals surface area contributed by atoms with Crippen LogP contribution < -0.4 is 10.2 Å². The Balaban J connectivity index is 1.68. The smallest absolute Gasteiger partial charge is 0.352 e. The van der Waals surface area contributed by atoms with Crippen LogP contribution in [-0.4, -0.2) is 34.1 Å². The summed E-state index contributed by atoms with van der Waals surface area (Å²) in [7, 11) is 0. The van der Waals surface area contributed by atoms with Crippen LogP contribution in [-0.2, 0) is 6.18 Å². The van der Waals surface area contributed by atoms with Gasteiger partial charge in [0.25, 0.3) is 0 Å². The molecular formula is C14H12ClF4N5. The Morgan fingerprint density at radius 1 is 1.29 bits per heavy atom. The van der Waals surface area contributed by atoms with Crippen molar-refractivity contribution in [3.05, 3.63) is 41.1 Å². The molecule has 0 spiro atoms. The molecule has 0 amide bonds. The van der Waals surface area contributed by atoms with Gasteiger partial charge in [0.05, 0.1) is 5.02 Å². The number of halogens is 5. The van der Waals surface area contributed by atoms with Crippen LogP contribution in [0.5, 0.6) is 0 Å². The summed E-state index contributed by atoms with van der Waals surface area (Å²) in [5, 5.41) is 3.04. The van der Waals surface area contributed by atoms with Gasteiger partial charge in [-0.3, -0.25) is 0 Å². The molecule has 0 saturated carbocycles. The molecule has 1 atom stereocenters. The summed E-state index contributed by atoms with van der Waals surface area (Å²) in [5.74, 6) is -0.492. The molecule has 0 aromatic carbocycles. The molecule has 0 bridgehead atoms. The van der Waals surface area contributed by atoms with Gasteiger partial charge in [0.2, 0.25) is 5.95 Å². The van der Waals surface area contributed by atoms with Gasteiger partial charge in [-0.25, -0.2) is 19.3 Å². The molecule has 3 rings (SSSR count). The van der Waals surface area contributed by atoms with Gasteiger partial charge in [-0.15, -0.1) is 0 Å². The Morgan fingerprint density at radius 3 is 2.79 bits per heavy atom. The van der Waals surface area contributed by atoms with E-state index >= 15 is 0 Å². The van der Waals surface area contributed by atoms with Crippen LogP contribution in [0.2, 0.25) is 5.02 Å². The fraction of sp³-hybridized carbons (Fsp3) is 0.357. The second kappa shape index (κ2) is 6.39. The van der Waals surface area contributed by atoms with Crippen molar-refractivity contribution in [3.8, 4) is 0 Å². The van der Waals surface area contributed by atoms with Crippen molar-refractivity contribution in [2.24, 2.45) is 0 Å². The number of pyridine rings is 1. The van der Waals surface area contributed by atoms with Gasteiger partial charge in [0.15, 0.2) is 11.6 Å². The van der Waals surface area contributed by atoms with E-state index in [-0.39, 0.29) is 22.8 Å². The highest BCUT2D eigenvalue weighted by molar-refractivity contribution is 6.30. The zero-order valence-electron chi connectivity index (χ0n) is 12.2. The summed E-state index contributed by atoms with van der Waals surface area (Å²) >= 11 is 5.67. The van der Waals surface area contributed by atoms with E-state index in [1.54, 1.807) is 4.90 Å². The standard InChI is InChI=1S/C14H12ClF4N5/c15-8-5-10(16)12(21-6-8)24-4-2-9(7-24)22-13-20-3-1-11(23-13)14(17,18)19/h1,3,5-6,9H,2,4,7H2,(H,20,22,23). The molecule has 10 heteroatoms. The molecule has 128 valence electrons. The fourth-order valence-electron chi connectivity index (χ4n) is 2.48. The van der Waals surface area contributed by atoms with E-state index < -0.39 is 17.7 Å². The number of nitrogens with zero attached hydrogens (tertiary/aromatic N) is 4. The molecule has 1 fully saturated rings. The maximum absolute atomic E-state index is 13.9. The minimum absolute atomic E-state index is 0.110. The van der Waals surface area contributed by atoms with Crippen LogP contribution in [0, 0.1) is 5.82 Å². The summed E-state index contributed by atoms with van der Waals surface area (Å²) in [4.78, 5) is 12.9. The van der Waals surface area contributed by atoms with E-state index in [1.165, 1.54) is 12.3 Å². The molecule has 0 aliphatic carbocycles. The van der Waals surface area contributed by atoms with Gasteiger partial charge in [0.1, 0.15) is 5.69 Å². The summed E-state index contributed by atoms with van der Waals surface area (Å²) in [5.41, 5.74) is -1.01. The lowest BCUT2D eigenvalue weighted by Gasteiger charge is -2.18. The molecule has 1 aliphatic rings. The summed E-state index contributed by atoms with van der Waals surface area (Å²) in [6.07, 6.45) is -1.55. The van der Waals surface area contributed by atoms with Crippen molar-refractivity contribution in [2.45, 2.75) is 18.6 Å². The highest BCUT2D eigenvalue weighted by atomic mass is 35.5. The Hall–Kier alpha value is -2.16. The maximum atomic E-state index is 13.9. The first-order chi connectivity index (χ1) is 11.3. The van der Waals surface area contributed by atoms with Crippen LogP contribution in [0.1, 0.15) is 12.1 Å². The second-order valence-electron chi connectivity index (χ2n) is 5.30. The molecule has 2 aromatic heterocycles. The van der Waals surface area contributed by atoms with Crippen molar-refractivity contribution in [3.63, 3.8) is 0 Å². The quantitative estimate of drug-likeness (QED) is 0.849. The first-order valence-electron chi connectivity index (χ1n) is 7.06. The Labute approximate surface area is 139 Å². The normalized spacial score (nSPS) is 18.0. The van der Waals surface area contributed by atoms with Crippen LogP contribution in [0.25, 0.3) is 0 Å². The monoisotopic (exact) mass is 361 g/mol. The molecule has 24 heavy (non-hydrogen) atoms. The third-order valence-corrected chi connectivity index (χ3v) is 3.76. The predicted molar refractivity (Wildman–Crippen MR) is 80.5 cm³/mol. The van der Waals surface area contributed by atoms with E-state index in [1.807, 2.05) is 0 Å². The van der Waals surface area contributed by atoms with E-state index in [0.717, 1.165) is 12.3 Å². The van der Waals surface area contributed by atoms with Gasteiger partial charge in [0, 0.05) is 31.5 Å². The lowest BCUT2D eigenvalue weighted by molar-refractivity contribution is -0.141. The second-order valence-corrected chi connectivity index (χ2v) is 5.73. The highest BCUT2D eigenvalue weighted by Crippen LogP contribution is 2.28. The Morgan fingerprint density at radius 2 is 2.08 bits per heavy atom. The van der Waals surface area contributed by atoms with Gasteiger partial charge in [-0.05, 0) is 18.6 Å². The molecule has 1 saturated heterocycles. The number of nitrogens with one attached hydrogen (secondary N) is 1.